The lowest BCUT2D eigenvalue weighted by Crippen LogP contribution is -1.95. The van der Waals surface area contributed by atoms with Gasteiger partial charge in [-0.1, -0.05) is 13.8 Å². The van der Waals surface area contributed by atoms with Gasteiger partial charge in [0.15, 0.2) is 0 Å². The van der Waals surface area contributed by atoms with Gasteiger partial charge in [-0.25, -0.2) is 14.6 Å². The van der Waals surface area contributed by atoms with Crippen LogP contribution in [0.5, 0.6) is 0 Å². The molecule has 5 heteroatoms. The molecule has 0 fully saturated rings. The molecular formula is C7H16O5. The first kappa shape index (κ1) is 13.8. The quantitative estimate of drug-likeness (QED) is 0.384. The molecule has 0 aromatic carbocycles. The molecule has 0 aliphatic rings. The Morgan fingerprint density at radius 2 is 1.33 bits per heavy atom. The molecule has 0 aromatic rings. The SMILES string of the molecule is CCCOOCCC.O=C(O)O. The largest absolute Gasteiger partial charge is 0.503 e. The van der Waals surface area contributed by atoms with Crippen molar-refractivity contribution in [3.05, 3.63) is 0 Å². The van der Waals surface area contributed by atoms with Crippen molar-refractivity contribution in [3.63, 3.8) is 0 Å². The maximum Gasteiger partial charge on any atom is 0.503 e. The van der Waals surface area contributed by atoms with Gasteiger partial charge in [-0.3, -0.25) is 0 Å². The molecule has 74 valence electrons. The molecule has 0 aliphatic carbocycles. The number of rotatable bonds is 5. The van der Waals surface area contributed by atoms with Crippen molar-refractivity contribution < 1.29 is 24.8 Å². The molecule has 0 spiro atoms. The summed E-state index contributed by atoms with van der Waals surface area (Å²) in [7, 11) is 0. The molecule has 12 heavy (non-hydrogen) atoms. The fourth-order valence-electron chi connectivity index (χ4n) is 0.285. The van der Waals surface area contributed by atoms with E-state index in [-0.39, 0.29) is 0 Å². The molecule has 0 radical (unpaired) electrons. The van der Waals surface area contributed by atoms with Crippen LogP contribution in [0.1, 0.15) is 26.7 Å². The standard InChI is InChI=1S/C6H14O2.CH2O3/c1-3-5-7-8-6-4-2;2-1(3)4/h3-6H2,1-2H3;(H2,2,3,4). The zero-order valence-electron chi connectivity index (χ0n) is 7.45. The predicted molar refractivity (Wildman–Crippen MR) is 43.1 cm³/mol. The van der Waals surface area contributed by atoms with Crippen LogP contribution in [0, 0.1) is 0 Å². The highest BCUT2D eigenvalue weighted by Crippen LogP contribution is 1.83. The van der Waals surface area contributed by atoms with Gasteiger partial charge in [0, 0.05) is 0 Å². The Morgan fingerprint density at radius 1 is 1.08 bits per heavy atom. The highest BCUT2D eigenvalue weighted by Gasteiger charge is 1.81. The minimum absolute atomic E-state index is 0.708. The van der Waals surface area contributed by atoms with Gasteiger partial charge >= 0.3 is 6.16 Å². The Bertz CT molecular complexity index is 83.8. The molecule has 0 heterocycles. The number of hydrogen-bond acceptors (Lipinski definition) is 3. The highest BCUT2D eigenvalue weighted by atomic mass is 17.2. The molecule has 0 rings (SSSR count). The van der Waals surface area contributed by atoms with Crippen molar-refractivity contribution in [2.24, 2.45) is 0 Å². The summed E-state index contributed by atoms with van der Waals surface area (Å²) >= 11 is 0. The smallest absolute Gasteiger partial charge is 0.450 e. The van der Waals surface area contributed by atoms with Crippen molar-refractivity contribution >= 4 is 6.16 Å². The van der Waals surface area contributed by atoms with Gasteiger partial charge in [0.05, 0.1) is 13.2 Å². The molecule has 0 aliphatic heterocycles. The molecular weight excluding hydrogens is 164 g/mol. The Kier molecular flexibility index (Phi) is 14.7. The number of hydrogen-bond donors (Lipinski definition) is 2. The lowest BCUT2D eigenvalue weighted by molar-refractivity contribution is -0.294. The second kappa shape index (κ2) is 12.8. The maximum atomic E-state index is 8.56. The third-order valence-corrected chi connectivity index (χ3v) is 0.658. The van der Waals surface area contributed by atoms with Crippen molar-refractivity contribution in [1.29, 1.82) is 0 Å². The Hall–Kier alpha value is -0.810. The van der Waals surface area contributed by atoms with E-state index in [2.05, 4.69) is 13.8 Å². The average molecular weight is 180 g/mol. The van der Waals surface area contributed by atoms with E-state index in [0.29, 0.717) is 13.2 Å². The summed E-state index contributed by atoms with van der Waals surface area (Å²) in [5.74, 6) is 0. The first-order valence-corrected chi connectivity index (χ1v) is 3.81. The van der Waals surface area contributed by atoms with Crippen LogP contribution in [0.4, 0.5) is 4.79 Å². The van der Waals surface area contributed by atoms with Crippen molar-refractivity contribution in [2.75, 3.05) is 13.2 Å². The van der Waals surface area contributed by atoms with E-state index in [0.717, 1.165) is 12.8 Å². The van der Waals surface area contributed by atoms with E-state index in [1.807, 2.05) is 0 Å². The van der Waals surface area contributed by atoms with E-state index in [9.17, 15) is 0 Å². The summed E-state index contributed by atoms with van der Waals surface area (Å²) in [6.45, 7) is 5.52. The molecule has 5 nitrogen and oxygen atoms in total. The molecule has 2 N–H and O–H groups in total. The lowest BCUT2D eigenvalue weighted by atomic mass is 10.5. The molecule has 0 atom stereocenters. The summed E-state index contributed by atoms with van der Waals surface area (Å²) in [6, 6.07) is 0. The van der Waals surface area contributed by atoms with Crippen LogP contribution in [0.2, 0.25) is 0 Å². The van der Waals surface area contributed by atoms with Crippen LogP contribution in [-0.2, 0) is 9.78 Å². The molecule has 0 unspecified atom stereocenters. The van der Waals surface area contributed by atoms with E-state index < -0.39 is 6.16 Å². The summed E-state index contributed by atoms with van der Waals surface area (Å²) < 4.78 is 0. The fourth-order valence-corrected chi connectivity index (χ4v) is 0.285. The van der Waals surface area contributed by atoms with E-state index in [1.54, 1.807) is 0 Å². The molecule has 0 saturated carbocycles. The van der Waals surface area contributed by atoms with E-state index in [4.69, 9.17) is 24.8 Å². The van der Waals surface area contributed by atoms with Crippen molar-refractivity contribution in [1.82, 2.24) is 0 Å². The Labute approximate surface area is 71.8 Å². The third-order valence-electron chi connectivity index (χ3n) is 0.658. The lowest BCUT2D eigenvalue weighted by Gasteiger charge is -1.97. The van der Waals surface area contributed by atoms with E-state index in [1.165, 1.54) is 0 Å². The van der Waals surface area contributed by atoms with Gasteiger partial charge in [-0.05, 0) is 12.8 Å². The zero-order chi connectivity index (χ0) is 9.82. The summed E-state index contributed by atoms with van der Waals surface area (Å²) in [5, 5.41) is 13.9. The minimum Gasteiger partial charge on any atom is -0.450 e. The fraction of sp³-hybridized carbons (Fsp3) is 0.857. The average Bonchev–Trinajstić information content (AvgIpc) is 1.97. The van der Waals surface area contributed by atoms with Crippen LogP contribution in [-0.4, -0.2) is 29.6 Å². The van der Waals surface area contributed by atoms with Crippen LogP contribution in [0.15, 0.2) is 0 Å². The van der Waals surface area contributed by atoms with Gasteiger partial charge in [-0.2, -0.15) is 0 Å². The second-order valence-electron chi connectivity index (χ2n) is 1.93. The zero-order valence-corrected chi connectivity index (χ0v) is 7.45. The summed E-state index contributed by atoms with van der Waals surface area (Å²) in [5.41, 5.74) is 0. The minimum atomic E-state index is -1.83. The summed E-state index contributed by atoms with van der Waals surface area (Å²) in [4.78, 5) is 18.0. The van der Waals surface area contributed by atoms with Gasteiger partial charge in [0.2, 0.25) is 0 Å². The third kappa shape index (κ3) is 35.1. The molecule has 0 bridgehead atoms. The second-order valence-corrected chi connectivity index (χ2v) is 1.93. The topological polar surface area (TPSA) is 76.0 Å². The van der Waals surface area contributed by atoms with Gasteiger partial charge < -0.3 is 10.2 Å². The van der Waals surface area contributed by atoms with E-state index >= 15 is 0 Å². The van der Waals surface area contributed by atoms with Gasteiger partial charge in [0.1, 0.15) is 0 Å². The Morgan fingerprint density at radius 3 is 1.50 bits per heavy atom. The molecule has 0 saturated heterocycles. The normalized spacial score (nSPS) is 8.50. The number of carboxylic acid groups (broad SMARTS) is 2. The van der Waals surface area contributed by atoms with Crippen LogP contribution in [0.3, 0.4) is 0 Å². The number of carbonyl (C=O) groups is 1. The molecule has 0 amide bonds. The summed E-state index contributed by atoms with van der Waals surface area (Å²) in [6.07, 6.45) is 0.202. The Balaban J connectivity index is 0. The van der Waals surface area contributed by atoms with Crippen LogP contribution >= 0.6 is 0 Å². The van der Waals surface area contributed by atoms with Crippen molar-refractivity contribution in [2.45, 2.75) is 26.7 Å². The van der Waals surface area contributed by atoms with Crippen LogP contribution < -0.4 is 0 Å². The van der Waals surface area contributed by atoms with Crippen LogP contribution in [0.25, 0.3) is 0 Å². The van der Waals surface area contributed by atoms with Crippen molar-refractivity contribution in [3.8, 4) is 0 Å². The van der Waals surface area contributed by atoms with Gasteiger partial charge in [-0.15, -0.1) is 0 Å². The predicted octanol–water partition coefficient (Wildman–Crippen LogP) is 1.98. The first-order chi connectivity index (χ1) is 5.65. The monoisotopic (exact) mass is 180 g/mol. The molecule has 0 aromatic heterocycles. The maximum absolute atomic E-state index is 8.56. The first-order valence-electron chi connectivity index (χ1n) is 3.81. The van der Waals surface area contributed by atoms with Gasteiger partial charge in [0.25, 0.3) is 0 Å². The highest BCUT2D eigenvalue weighted by molar-refractivity contribution is 5.53.